The van der Waals surface area contributed by atoms with Crippen molar-refractivity contribution in [1.82, 2.24) is 0 Å². The number of hydrogen-bond donors (Lipinski definition) is 0. The normalized spacial score (nSPS) is 27.1. The van der Waals surface area contributed by atoms with E-state index in [1.54, 1.807) is 0 Å². The quantitative estimate of drug-likeness (QED) is 0.515. The van der Waals surface area contributed by atoms with Crippen LogP contribution in [0.15, 0.2) is 11.6 Å². The summed E-state index contributed by atoms with van der Waals surface area (Å²) in [7, 11) is 0. The SMILES string of the molecule is CC1=CCC(OCCCOC2(C)CCCCC2)CC1. The molecular formula is C17H30O2. The third kappa shape index (κ3) is 5.27. The van der Waals surface area contributed by atoms with Gasteiger partial charge in [-0.2, -0.15) is 0 Å². The predicted molar refractivity (Wildman–Crippen MR) is 79.4 cm³/mol. The van der Waals surface area contributed by atoms with Crippen LogP contribution in [0.1, 0.15) is 71.6 Å². The van der Waals surface area contributed by atoms with E-state index < -0.39 is 0 Å². The van der Waals surface area contributed by atoms with Crippen LogP contribution in [0.4, 0.5) is 0 Å². The van der Waals surface area contributed by atoms with Crippen molar-refractivity contribution in [2.75, 3.05) is 13.2 Å². The summed E-state index contributed by atoms with van der Waals surface area (Å²) in [5.74, 6) is 0. The average molecular weight is 266 g/mol. The third-order valence-corrected chi connectivity index (χ3v) is 4.59. The molecule has 0 spiro atoms. The second-order valence-electron chi connectivity index (χ2n) is 6.53. The standard InChI is InChI=1S/C17H30O2/c1-15-7-9-16(10-8-15)18-13-6-14-19-17(2)11-4-3-5-12-17/h7,16H,3-6,8-14H2,1-2H3. The molecule has 0 aromatic heterocycles. The highest BCUT2D eigenvalue weighted by Gasteiger charge is 2.27. The number of allylic oxidation sites excluding steroid dienone is 1. The van der Waals surface area contributed by atoms with Gasteiger partial charge in [0, 0.05) is 13.2 Å². The molecule has 1 fully saturated rings. The Kier molecular flexibility index (Phi) is 5.90. The van der Waals surface area contributed by atoms with Crippen LogP contribution in [0.2, 0.25) is 0 Å². The fraction of sp³-hybridized carbons (Fsp3) is 0.882. The topological polar surface area (TPSA) is 18.5 Å². The highest BCUT2D eigenvalue weighted by atomic mass is 16.5. The van der Waals surface area contributed by atoms with E-state index in [0.717, 1.165) is 26.1 Å². The smallest absolute Gasteiger partial charge is 0.0654 e. The zero-order valence-electron chi connectivity index (χ0n) is 12.7. The number of rotatable bonds is 6. The lowest BCUT2D eigenvalue weighted by atomic mass is 9.86. The first-order valence-corrected chi connectivity index (χ1v) is 8.09. The first-order chi connectivity index (χ1) is 9.18. The molecule has 2 aliphatic carbocycles. The molecule has 2 heteroatoms. The lowest BCUT2D eigenvalue weighted by molar-refractivity contribution is -0.0658. The van der Waals surface area contributed by atoms with Gasteiger partial charge in [-0.1, -0.05) is 30.9 Å². The van der Waals surface area contributed by atoms with Crippen LogP contribution in [0, 0.1) is 0 Å². The summed E-state index contributed by atoms with van der Waals surface area (Å²) in [5, 5.41) is 0. The van der Waals surface area contributed by atoms with Gasteiger partial charge in [0.2, 0.25) is 0 Å². The minimum atomic E-state index is 0.156. The van der Waals surface area contributed by atoms with Gasteiger partial charge in [0.05, 0.1) is 11.7 Å². The van der Waals surface area contributed by atoms with Crippen molar-refractivity contribution < 1.29 is 9.47 Å². The molecule has 19 heavy (non-hydrogen) atoms. The van der Waals surface area contributed by atoms with Gasteiger partial charge in [0.25, 0.3) is 0 Å². The van der Waals surface area contributed by atoms with Gasteiger partial charge in [-0.3, -0.25) is 0 Å². The van der Waals surface area contributed by atoms with Crippen LogP contribution < -0.4 is 0 Å². The molecule has 0 N–H and O–H groups in total. The van der Waals surface area contributed by atoms with E-state index in [0.29, 0.717) is 6.10 Å². The van der Waals surface area contributed by atoms with Crippen LogP contribution in [0.3, 0.4) is 0 Å². The molecule has 110 valence electrons. The van der Waals surface area contributed by atoms with E-state index in [-0.39, 0.29) is 5.60 Å². The van der Waals surface area contributed by atoms with E-state index in [2.05, 4.69) is 19.9 Å². The highest BCUT2D eigenvalue weighted by Crippen LogP contribution is 2.31. The summed E-state index contributed by atoms with van der Waals surface area (Å²) in [6.07, 6.45) is 13.8. The second-order valence-corrected chi connectivity index (χ2v) is 6.53. The molecule has 2 nitrogen and oxygen atoms in total. The molecule has 1 unspecified atom stereocenters. The Hall–Kier alpha value is -0.340. The van der Waals surface area contributed by atoms with Gasteiger partial charge >= 0.3 is 0 Å². The Balaban J connectivity index is 1.52. The molecule has 2 rings (SSSR count). The van der Waals surface area contributed by atoms with Gasteiger partial charge < -0.3 is 9.47 Å². The summed E-state index contributed by atoms with van der Waals surface area (Å²) in [6.45, 7) is 6.21. The molecule has 0 bridgehead atoms. The Morgan fingerprint density at radius 3 is 2.68 bits per heavy atom. The van der Waals surface area contributed by atoms with E-state index in [9.17, 15) is 0 Å². The van der Waals surface area contributed by atoms with Crippen LogP contribution >= 0.6 is 0 Å². The number of ether oxygens (including phenoxy) is 2. The lowest BCUT2D eigenvalue weighted by Gasteiger charge is -2.33. The molecule has 1 atom stereocenters. The third-order valence-electron chi connectivity index (χ3n) is 4.59. The molecule has 0 amide bonds. The van der Waals surface area contributed by atoms with Crippen molar-refractivity contribution in [2.45, 2.75) is 83.3 Å². The minimum Gasteiger partial charge on any atom is -0.378 e. The number of hydrogen-bond acceptors (Lipinski definition) is 2. The van der Waals surface area contributed by atoms with Crippen LogP contribution in [0.25, 0.3) is 0 Å². The first kappa shape index (κ1) is 15.1. The predicted octanol–water partition coefficient (Wildman–Crippen LogP) is 4.63. The van der Waals surface area contributed by atoms with Gasteiger partial charge in [-0.05, 0) is 52.4 Å². The van der Waals surface area contributed by atoms with Crippen molar-refractivity contribution in [3.05, 3.63) is 11.6 Å². The van der Waals surface area contributed by atoms with E-state index in [4.69, 9.17) is 9.47 Å². The van der Waals surface area contributed by atoms with Gasteiger partial charge in [-0.15, -0.1) is 0 Å². The zero-order chi connectivity index (χ0) is 13.6. The van der Waals surface area contributed by atoms with E-state index in [1.165, 1.54) is 50.5 Å². The van der Waals surface area contributed by atoms with Gasteiger partial charge in [-0.25, -0.2) is 0 Å². The molecule has 0 aromatic carbocycles. The van der Waals surface area contributed by atoms with Crippen molar-refractivity contribution >= 4 is 0 Å². The van der Waals surface area contributed by atoms with Crippen molar-refractivity contribution in [2.24, 2.45) is 0 Å². The second kappa shape index (κ2) is 7.44. The first-order valence-electron chi connectivity index (χ1n) is 8.09. The van der Waals surface area contributed by atoms with E-state index in [1.807, 2.05) is 0 Å². The maximum absolute atomic E-state index is 6.08. The Morgan fingerprint density at radius 2 is 2.00 bits per heavy atom. The van der Waals surface area contributed by atoms with Crippen molar-refractivity contribution in [1.29, 1.82) is 0 Å². The Labute approximate surface area is 118 Å². The van der Waals surface area contributed by atoms with Gasteiger partial charge in [0.15, 0.2) is 0 Å². The van der Waals surface area contributed by atoms with Gasteiger partial charge in [0.1, 0.15) is 0 Å². The summed E-state index contributed by atoms with van der Waals surface area (Å²) in [6, 6.07) is 0. The molecular weight excluding hydrogens is 236 g/mol. The molecule has 0 saturated heterocycles. The largest absolute Gasteiger partial charge is 0.378 e. The lowest BCUT2D eigenvalue weighted by Crippen LogP contribution is -2.32. The Bertz CT molecular complexity index is 290. The monoisotopic (exact) mass is 266 g/mol. The molecule has 1 saturated carbocycles. The van der Waals surface area contributed by atoms with Crippen molar-refractivity contribution in [3.63, 3.8) is 0 Å². The molecule has 0 aromatic rings. The van der Waals surface area contributed by atoms with Crippen molar-refractivity contribution in [3.8, 4) is 0 Å². The Morgan fingerprint density at radius 1 is 1.21 bits per heavy atom. The molecule has 0 heterocycles. The maximum Gasteiger partial charge on any atom is 0.0654 e. The van der Waals surface area contributed by atoms with Crippen LogP contribution in [-0.4, -0.2) is 24.9 Å². The zero-order valence-corrected chi connectivity index (χ0v) is 12.7. The molecule has 2 aliphatic rings. The minimum absolute atomic E-state index is 0.156. The average Bonchev–Trinajstić information content (AvgIpc) is 2.41. The molecule has 0 radical (unpaired) electrons. The summed E-state index contributed by atoms with van der Waals surface area (Å²) in [5.41, 5.74) is 1.68. The fourth-order valence-electron chi connectivity index (χ4n) is 3.16. The maximum atomic E-state index is 6.08. The van der Waals surface area contributed by atoms with Crippen LogP contribution in [-0.2, 0) is 9.47 Å². The fourth-order valence-corrected chi connectivity index (χ4v) is 3.16. The summed E-state index contributed by atoms with van der Waals surface area (Å²) < 4.78 is 12.0. The molecule has 0 aliphatic heterocycles. The summed E-state index contributed by atoms with van der Waals surface area (Å²) >= 11 is 0. The van der Waals surface area contributed by atoms with Crippen LogP contribution in [0.5, 0.6) is 0 Å². The highest BCUT2D eigenvalue weighted by molar-refractivity contribution is 5.03. The van der Waals surface area contributed by atoms with E-state index >= 15 is 0 Å². The summed E-state index contributed by atoms with van der Waals surface area (Å²) in [4.78, 5) is 0.